The number of benzene rings is 1. The van der Waals surface area contributed by atoms with Gasteiger partial charge in [0.25, 0.3) is 0 Å². The molecular formula is C11H13F3N2O. The molecule has 0 saturated heterocycles. The highest BCUT2D eigenvalue weighted by Crippen LogP contribution is 2.24. The van der Waals surface area contributed by atoms with Crippen molar-refractivity contribution < 1.29 is 18.0 Å². The Hall–Kier alpha value is -1.72. The van der Waals surface area contributed by atoms with Gasteiger partial charge in [-0.25, -0.2) is 0 Å². The Labute approximate surface area is 97.2 Å². The van der Waals surface area contributed by atoms with E-state index in [0.29, 0.717) is 5.56 Å². The molecule has 1 amide bonds. The van der Waals surface area contributed by atoms with Crippen molar-refractivity contribution in [2.45, 2.75) is 13.1 Å². The molecule has 6 heteroatoms. The number of rotatable bonds is 2. The van der Waals surface area contributed by atoms with Gasteiger partial charge in [0.1, 0.15) is 0 Å². The number of carbonyl (C=O) groups is 1. The summed E-state index contributed by atoms with van der Waals surface area (Å²) in [5.41, 5.74) is 1.60. The van der Waals surface area contributed by atoms with Gasteiger partial charge in [-0.3, -0.25) is 4.79 Å². The van der Waals surface area contributed by atoms with Gasteiger partial charge in [0.2, 0.25) is 0 Å². The van der Waals surface area contributed by atoms with E-state index in [1.807, 2.05) is 24.3 Å². The predicted molar refractivity (Wildman–Crippen MR) is 60.2 cm³/mol. The Morgan fingerprint density at radius 1 is 1.29 bits per heavy atom. The second-order valence-electron chi connectivity index (χ2n) is 3.85. The van der Waals surface area contributed by atoms with E-state index in [4.69, 9.17) is 0 Å². The van der Waals surface area contributed by atoms with Crippen LogP contribution in [0.15, 0.2) is 18.2 Å². The molecule has 0 bridgehead atoms. The van der Waals surface area contributed by atoms with Crippen molar-refractivity contribution in [1.29, 1.82) is 0 Å². The van der Waals surface area contributed by atoms with Crippen LogP contribution >= 0.6 is 0 Å². The average molecular weight is 246 g/mol. The molecule has 0 aliphatic rings. The maximum absolute atomic E-state index is 12.1. The fourth-order valence-electron chi connectivity index (χ4n) is 1.26. The van der Waals surface area contributed by atoms with E-state index in [-0.39, 0.29) is 5.69 Å². The maximum atomic E-state index is 12.1. The summed E-state index contributed by atoms with van der Waals surface area (Å²) in [6.45, 7) is 1.64. The molecule has 1 rings (SSSR count). The summed E-state index contributed by atoms with van der Waals surface area (Å²) in [5.74, 6) is -1.96. The molecule has 0 heterocycles. The topological polar surface area (TPSA) is 32.3 Å². The van der Waals surface area contributed by atoms with Gasteiger partial charge < -0.3 is 10.2 Å². The van der Waals surface area contributed by atoms with Crippen LogP contribution in [0.3, 0.4) is 0 Å². The first-order valence-corrected chi connectivity index (χ1v) is 4.88. The van der Waals surface area contributed by atoms with E-state index < -0.39 is 12.1 Å². The summed E-state index contributed by atoms with van der Waals surface area (Å²) in [7, 11) is 3.64. The van der Waals surface area contributed by atoms with E-state index >= 15 is 0 Å². The lowest BCUT2D eigenvalue weighted by Gasteiger charge is -2.16. The molecule has 0 unspecified atom stereocenters. The number of nitrogens with zero attached hydrogens (tertiary/aromatic N) is 1. The van der Waals surface area contributed by atoms with Crippen molar-refractivity contribution in [3.63, 3.8) is 0 Å². The summed E-state index contributed by atoms with van der Waals surface area (Å²) in [4.78, 5) is 12.6. The van der Waals surface area contributed by atoms with Crippen LogP contribution < -0.4 is 10.2 Å². The van der Waals surface area contributed by atoms with Crippen molar-refractivity contribution in [2.75, 3.05) is 24.3 Å². The molecule has 0 fully saturated rings. The lowest BCUT2D eigenvalue weighted by atomic mass is 10.1. The van der Waals surface area contributed by atoms with Crippen molar-refractivity contribution in [2.24, 2.45) is 0 Å². The minimum absolute atomic E-state index is 0.165. The summed E-state index contributed by atoms with van der Waals surface area (Å²) >= 11 is 0. The number of anilines is 2. The Morgan fingerprint density at radius 3 is 2.29 bits per heavy atom. The SMILES string of the molecule is Cc1cc(N(C)C)ccc1NC(=O)C(F)(F)F. The number of amides is 1. The molecule has 0 radical (unpaired) electrons. The monoisotopic (exact) mass is 246 g/mol. The molecule has 17 heavy (non-hydrogen) atoms. The number of aryl methyl sites for hydroxylation is 1. The number of carbonyl (C=O) groups excluding carboxylic acids is 1. The highest BCUT2D eigenvalue weighted by atomic mass is 19.4. The number of nitrogens with one attached hydrogen (secondary N) is 1. The zero-order valence-electron chi connectivity index (χ0n) is 9.72. The molecule has 94 valence electrons. The zero-order chi connectivity index (χ0) is 13.2. The zero-order valence-corrected chi connectivity index (χ0v) is 9.72. The van der Waals surface area contributed by atoms with Crippen LogP contribution in [0, 0.1) is 6.92 Å². The lowest BCUT2D eigenvalue weighted by molar-refractivity contribution is -0.167. The first kappa shape index (κ1) is 13.3. The Kier molecular flexibility index (Phi) is 3.65. The Bertz CT molecular complexity index is 427. The number of alkyl halides is 3. The highest BCUT2D eigenvalue weighted by molar-refractivity contribution is 5.95. The van der Waals surface area contributed by atoms with Gasteiger partial charge in [-0.15, -0.1) is 0 Å². The summed E-state index contributed by atoms with van der Waals surface area (Å²) in [5, 5.41) is 1.83. The second-order valence-corrected chi connectivity index (χ2v) is 3.85. The van der Waals surface area contributed by atoms with Gasteiger partial charge in [0, 0.05) is 25.5 Å². The van der Waals surface area contributed by atoms with Gasteiger partial charge in [-0.05, 0) is 30.7 Å². The normalized spacial score (nSPS) is 11.2. The minimum atomic E-state index is -4.87. The van der Waals surface area contributed by atoms with Crippen LogP contribution in [-0.4, -0.2) is 26.2 Å². The average Bonchev–Trinajstić information content (AvgIpc) is 2.19. The minimum Gasteiger partial charge on any atom is -0.378 e. The van der Waals surface area contributed by atoms with Crippen LogP contribution in [-0.2, 0) is 4.79 Å². The smallest absolute Gasteiger partial charge is 0.378 e. The van der Waals surface area contributed by atoms with Crippen LogP contribution in [0.25, 0.3) is 0 Å². The molecular weight excluding hydrogens is 233 g/mol. The van der Waals surface area contributed by atoms with Crippen LogP contribution in [0.1, 0.15) is 5.56 Å². The maximum Gasteiger partial charge on any atom is 0.471 e. The Balaban J connectivity index is 2.91. The number of hydrogen-bond donors (Lipinski definition) is 1. The third kappa shape index (κ3) is 3.37. The van der Waals surface area contributed by atoms with E-state index in [9.17, 15) is 18.0 Å². The quantitative estimate of drug-likeness (QED) is 0.869. The van der Waals surface area contributed by atoms with Gasteiger partial charge >= 0.3 is 12.1 Å². The van der Waals surface area contributed by atoms with E-state index in [0.717, 1.165) is 5.69 Å². The van der Waals surface area contributed by atoms with Crippen molar-refractivity contribution >= 4 is 17.3 Å². The molecule has 0 aliphatic heterocycles. The molecule has 0 saturated carbocycles. The molecule has 0 aliphatic carbocycles. The van der Waals surface area contributed by atoms with Crippen molar-refractivity contribution in [1.82, 2.24) is 0 Å². The molecule has 1 aromatic rings. The van der Waals surface area contributed by atoms with E-state index in [2.05, 4.69) is 0 Å². The first-order chi connectivity index (χ1) is 7.71. The summed E-state index contributed by atoms with van der Waals surface area (Å²) in [6.07, 6.45) is -4.87. The van der Waals surface area contributed by atoms with Gasteiger partial charge in [-0.2, -0.15) is 13.2 Å². The van der Waals surface area contributed by atoms with Crippen molar-refractivity contribution in [3.05, 3.63) is 23.8 Å². The van der Waals surface area contributed by atoms with Crippen LogP contribution in [0.4, 0.5) is 24.5 Å². The fraction of sp³-hybridized carbons (Fsp3) is 0.364. The highest BCUT2D eigenvalue weighted by Gasteiger charge is 2.38. The number of halogens is 3. The second kappa shape index (κ2) is 4.65. The molecule has 0 aromatic heterocycles. The standard InChI is InChI=1S/C11H13F3N2O/c1-7-6-8(16(2)3)4-5-9(7)15-10(17)11(12,13)14/h4-6H,1-3H3,(H,15,17). The van der Waals surface area contributed by atoms with Gasteiger partial charge in [0.05, 0.1) is 0 Å². The Morgan fingerprint density at radius 2 is 1.88 bits per heavy atom. The van der Waals surface area contributed by atoms with E-state index in [1.54, 1.807) is 19.1 Å². The van der Waals surface area contributed by atoms with Crippen molar-refractivity contribution in [3.8, 4) is 0 Å². The summed E-state index contributed by atoms with van der Waals surface area (Å²) in [6, 6.07) is 4.79. The number of hydrogen-bond acceptors (Lipinski definition) is 2. The van der Waals surface area contributed by atoms with Gasteiger partial charge in [-0.1, -0.05) is 0 Å². The van der Waals surface area contributed by atoms with Crippen LogP contribution in [0.2, 0.25) is 0 Å². The molecule has 1 aromatic carbocycles. The summed E-state index contributed by atoms with van der Waals surface area (Å²) < 4.78 is 36.2. The lowest BCUT2D eigenvalue weighted by Crippen LogP contribution is -2.30. The fourth-order valence-corrected chi connectivity index (χ4v) is 1.26. The van der Waals surface area contributed by atoms with E-state index in [1.165, 1.54) is 6.07 Å². The molecule has 3 nitrogen and oxygen atoms in total. The predicted octanol–water partition coefficient (Wildman–Crippen LogP) is 2.56. The van der Waals surface area contributed by atoms with Crippen LogP contribution in [0.5, 0.6) is 0 Å². The third-order valence-corrected chi connectivity index (χ3v) is 2.23. The third-order valence-electron chi connectivity index (χ3n) is 2.23. The molecule has 1 N–H and O–H groups in total. The first-order valence-electron chi connectivity index (χ1n) is 4.88. The molecule has 0 spiro atoms. The largest absolute Gasteiger partial charge is 0.471 e. The van der Waals surface area contributed by atoms with Gasteiger partial charge in [0.15, 0.2) is 0 Å². The molecule has 0 atom stereocenters.